The van der Waals surface area contributed by atoms with Crippen molar-refractivity contribution in [2.24, 2.45) is 0 Å². The number of piperidine rings is 1. The Balaban J connectivity index is 2.09. The van der Waals surface area contributed by atoms with E-state index in [0.29, 0.717) is 30.8 Å². The van der Waals surface area contributed by atoms with Crippen molar-refractivity contribution in [3.05, 3.63) is 42.5 Å². The summed E-state index contributed by atoms with van der Waals surface area (Å²) in [7, 11) is -3.31. The van der Waals surface area contributed by atoms with Gasteiger partial charge >= 0.3 is 0 Å². The molecule has 0 saturated carbocycles. The molecule has 7 nitrogen and oxygen atoms in total. The molecule has 1 aromatic rings. The Bertz CT molecular complexity index is 745. The molecule has 1 fully saturated rings. The molecule has 1 saturated heterocycles. The van der Waals surface area contributed by atoms with E-state index in [4.69, 9.17) is 0 Å². The van der Waals surface area contributed by atoms with E-state index in [1.807, 2.05) is 0 Å². The van der Waals surface area contributed by atoms with Crippen LogP contribution in [0.4, 0.5) is 5.69 Å². The first-order valence-electron chi connectivity index (χ1n) is 7.58. The molecule has 1 aliphatic rings. The van der Waals surface area contributed by atoms with Crippen LogP contribution in [0.1, 0.15) is 23.2 Å². The number of carbonyl (C=O) groups excluding carboxylic acids is 2. The van der Waals surface area contributed by atoms with Gasteiger partial charge < -0.3 is 10.2 Å². The first-order chi connectivity index (χ1) is 11.3. The Labute approximate surface area is 141 Å². The zero-order valence-corrected chi connectivity index (χ0v) is 14.3. The van der Waals surface area contributed by atoms with Gasteiger partial charge in [-0.05, 0) is 37.1 Å². The van der Waals surface area contributed by atoms with Crippen molar-refractivity contribution in [1.29, 1.82) is 0 Å². The molecule has 130 valence electrons. The lowest BCUT2D eigenvalue weighted by Gasteiger charge is -2.32. The van der Waals surface area contributed by atoms with Gasteiger partial charge in [-0.1, -0.05) is 12.6 Å². The minimum Gasteiger partial charge on any atom is -0.337 e. The average Bonchev–Trinajstić information content (AvgIpc) is 2.53. The SMILES string of the molecule is C=CC(=O)Nc1cccc(C(=O)N2CCC[C@H](NS(C)(=O)=O)C2)c1. The van der Waals surface area contributed by atoms with Gasteiger partial charge in [-0.3, -0.25) is 9.59 Å². The molecule has 0 unspecified atom stereocenters. The fourth-order valence-electron chi connectivity index (χ4n) is 2.67. The summed E-state index contributed by atoms with van der Waals surface area (Å²) < 4.78 is 25.3. The molecule has 1 atom stereocenters. The van der Waals surface area contributed by atoms with E-state index < -0.39 is 10.0 Å². The van der Waals surface area contributed by atoms with Crippen LogP contribution in [0.25, 0.3) is 0 Å². The monoisotopic (exact) mass is 351 g/mol. The Morgan fingerprint density at radius 3 is 2.79 bits per heavy atom. The van der Waals surface area contributed by atoms with Crippen LogP contribution >= 0.6 is 0 Å². The zero-order chi connectivity index (χ0) is 17.7. The van der Waals surface area contributed by atoms with Gasteiger partial charge in [0.25, 0.3) is 5.91 Å². The van der Waals surface area contributed by atoms with Crippen molar-refractivity contribution < 1.29 is 18.0 Å². The number of amides is 2. The lowest BCUT2D eigenvalue weighted by atomic mass is 10.1. The van der Waals surface area contributed by atoms with Crippen molar-refractivity contribution in [1.82, 2.24) is 9.62 Å². The molecule has 0 bridgehead atoms. The molecule has 1 aliphatic heterocycles. The van der Waals surface area contributed by atoms with Crippen LogP contribution in [0, 0.1) is 0 Å². The van der Waals surface area contributed by atoms with E-state index in [1.54, 1.807) is 29.2 Å². The number of nitrogens with zero attached hydrogens (tertiary/aromatic N) is 1. The van der Waals surface area contributed by atoms with E-state index in [-0.39, 0.29) is 17.9 Å². The second-order valence-electron chi connectivity index (χ2n) is 5.75. The van der Waals surface area contributed by atoms with Crippen LogP contribution < -0.4 is 10.0 Å². The van der Waals surface area contributed by atoms with Gasteiger partial charge in [0.1, 0.15) is 0 Å². The third-order valence-corrected chi connectivity index (χ3v) is 4.41. The topological polar surface area (TPSA) is 95.6 Å². The lowest BCUT2D eigenvalue weighted by molar-refractivity contribution is -0.111. The maximum absolute atomic E-state index is 12.6. The Kier molecular flexibility index (Phi) is 5.74. The average molecular weight is 351 g/mol. The zero-order valence-electron chi connectivity index (χ0n) is 13.5. The van der Waals surface area contributed by atoms with Gasteiger partial charge in [-0.2, -0.15) is 0 Å². The first-order valence-corrected chi connectivity index (χ1v) is 9.47. The third-order valence-electron chi connectivity index (χ3n) is 3.65. The van der Waals surface area contributed by atoms with E-state index in [2.05, 4.69) is 16.6 Å². The van der Waals surface area contributed by atoms with Gasteiger partial charge in [0.15, 0.2) is 0 Å². The van der Waals surface area contributed by atoms with E-state index >= 15 is 0 Å². The maximum atomic E-state index is 12.6. The van der Waals surface area contributed by atoms with Crippen molar-refractivity contribution >= 4 is 27.5 Å². The highest BCUT2D eigenvalue weighted by atomic mass is 32.2. The predicted molar refractivity (Wildman–Crippen MR) is 92.2 cm³/mol. The molecular formula is C16H21N3O4S. The summed E-state index contributed by atoms with van der Waals surface area (Å²) in [4.78, 5) is 25.6. The second-order valence-corrected chi connectivity index (χ2v) is 7.53. The van der Waals surface area contributed by atoms with Gasteiger partial charge in [0, 0.05) is 30.4 Å². The minimum atomic E-state index is -3.31. The highest BCUT2D eigenvalue weighted by molar-refractivity contribution is 7.88. The number of benzene rings is 1. The molecular weight excluding hydrogens is 330 g/mol. The normalized spacial score (nSPS) is 18.0. The maximum Gasteiger partial charge on any atom is 0.253 e. The number of carbonyl (C=O) groups is 2. The first kappa shape index (κ1) is 18.2. The van der Waals surface area contributed by atoms with Crippen molar-refractivity contribution in [2.75, 3.05) is 24.7 Å². The molecule has 0 aliphatic carbocycles. The highest BCUT2D eigenvalue weighted by Crippen LogP contribution is 2.17. The number of rotatable bonds is 5. The van der Waals surface area contributed by atoms with Gasteiger partial charge in [-0.15, -0.1) is 0 Å². The van der Waals surface area contributed by atoms with Gasteiger partial charge in [-0.25, -0.2) is 13.1 Å². The predicted octanol–water partition coefficient (Wildman–Crippen LogP) is 0.965. The minimum absolute atomic E-state index is 0.190. The summed E-state index contributed by atoms with van der Waals surface area (Å²) in [5, 5.41) is 2.61. The Hall–Kier alpha value is -2.19. The smallest absolute Gasteiger partial charge is 0.253 e. The molecule has 2 rings (SSSR count). The van der Waals surface area contributed by atoms with Crippen LogP contribution in [0.15, 0.2) is 36.9 Å². The van der Waals surface area contributed by atoms with E-state index in [9.17, 15) is 18.0 Å². The molecule has 1 heterocycles. The summed E-state index contributed by atoms with van der Waals surface area (Å²) in [6.45, 7) is 4.28. The molecule has 0 aromatic heterocycles. The molecule has 0 radical (unpaired) electrons. The Morgan fingerprint density at radius 1 is 1.38 bits per heavy atom. The van der Waals surface area contributed by atoms with Crippen LogP contribution in [-0.4, -0.2) is 50.5 Å². The largest absolute Gasteiger partial charge is 0.337 e. The van der Waals surface area contributed by atoms with Crippen molar-refractivity contribution in [3.8, 4) is 0 Å². The molecule has 0 spiro atoms. The van der Waals surface area contributed by atoms with Gasteiger partial charge in [0.05, 0.1) is 6.26 Å². The van der Waals surface area contributed by atoms with E-state index in [1.165, 1.54) is 0 Å². The number of hydrogen-bond acceptors (Lipinski definition) is 4. The third kappa shape index (κ3) is 5.17. The number of sulfonamides is 1. The fraction of sp³-hybridized carbons (Fsp3) is 0.375. The number of anilines is 1. The van der Waals surface area contributed by atoms with Crippen LogP contribution in [0.2, 0.25) is 0 Å². The van der Waals surface area contributed by atoms with Gasteiger partial charge in [0.2, 0.25) is 15.9 Å². The Morgan fingerprint density at radius 2 is 2.12 bits per heavy atom. The summed E-state index contributed by atoms with van der Waals surface area (Å²) >= 11 is 0. The summed E-state index contributed by atoms with van der Waals surface area (Å²) in [6, 6.07) is 6.35. The number of likely N-dealkylation sites (tertiary alicyclic amines) is 1. The van der Waals surface area contributed by atoms with Crippen LogP contribution in [0.5, 0.6) is 0 Å². The molecule has 2 amide bonds. The molecule has 24 heavy (non-hydrogen) atoms. The van der Waals surface area contributed by atoms with Crippen molar-refractivity contribution in [3.63, 3.8) is 0 Å². The summed E-state index contributed by atoms with van der Waals surface area (Å²) in [5.41, 5.74) is 0.949. The van der Waals surface area contributed by atoms with Crippen LogP contribution in [-0.2, 0) is 14.8 Å². The molecule has 1 aromatic carbocycles. The quantitative estimate of drug-likeness (QED) is 0.773. The van der Waals surface area contributed by atoms with Crippen LogP contribution in [0.3, 0.4) is 0 Å². The highest BCUT2D eigenvalue weighted by Gasteiger charge is 2.26. The summed E-state index contributed by atoms with van der Waals surface area (Å²) in [5.74, 6) is -0.542. The number of nitrogens with one attached hydrogen (secondary N) is 2. The second kappa shape index (κ2) is 7.59. The summed E-state index contributed by atoms with van der Waals surface area (Å²) in [6.07, 6.45) is 3.69. The fourth-order valence-corrected chi connectivity index (χ4v) is 3.46. The van der Waals surface area contributed by atoms with E-state index in [0.717, 1.165) is 18.8 Å². The number of hydrogen-bond donors (Lipinski definition) is 2. The molecule has 2 N–H and O–H groups in total. The molecule has 8 heteroatoms. The van der Waals surface area contributed by atoms with Crippen molar-refractivity contribution in [2.45, 2.75) is 18.9 Å². The standard InChI is InChI=1S/C16H21N3O4S/c1-3-15(20)17-13-7-4-6-12(10-13)16(21)19-9-5-8-14(11-19)18-24(2,22)23/h3-4,6-7,10,14,18H,1,5,8-9,11H2,2H3,(H,17,20)/t14-/m0/s1. The lowest BCUT2D eigenvalue weighted by Crippen LogP contribution is -2.49.